The number of aromatic nitrogens is 3. The predicted octanol–water partition coefficient (Wildman–Crippen LogP) is 7.84. The Hall–Kier alpha value is -3.72. The van der Waals surface area contributed by atoms with E-state index in [-0.39, 0.29) is 0 Å². The van der Waals surface area contributed by atoms with Crippen molar-refractivity contribution >= 4 is 38.5 Å². The van der Waals surface area contributed by atoms with Gasteiger partial charge in [-0.25, -0.2) is 4.57 Å². The largest absolute Gasteiger partial charge is 0.297 e. The zero-order chi connectivity index (χ0) is 24.4. The number of para-hydroxylation sites is 1. The van der Waals surface area contributed by atoms with E-state index in [1.807, 2.05) is 6.20 Å². The molecule has 0 atom stereocenters. The van der Waals surface area contributed by atoms with Gasteiger partial charge in [0, 0.05) is 11.6 Å². The molecule has 3 heteroatoms. The number of benzene rings is 3. The van der Waals surface area contributed by atoms with Crippen LogP contribution in [-0.4, -0.2) is 9.55 Å². The van der Waals surface area contributed by atoms with E-state index in [2.05, 4.69) is 117 Å². The lowest BCUT2D eigenvalue weighted by Crippen LogP contribution is -2.23. The van der Waals surface area contributed by atoms with Gasteiger partial charge in [-0.3, -0.25) is 4.98 Å². The summed E-state index contributed by atoms with van der Waals surface area (Å²) in [5.41, 5.74) is 12.7. The summed E-state index contributed by atoms with van der Waals surface area (Å²) in [6, 6.07) is 24.6. The molecular weight excluding hydrogens is 426 g/mol. The summed E-state index contributed by atoms with van der Waals surface area (Å²) in [5, 5.41) is 2.41. The first-order valence-corrected chi connectivity index (χ1v) is 12.6. The van der Waals surface area contributed by atoms with Gasteiger partial charge in [0.15, 0.2) is 11.0 Å². The van der Waals surface area contributed by atoms with Crippen LogP contribution in [0.15, 0.2) is 72.9 Å². The van der Waals surface area contributed by atoms with E-state index in [4.69, 9.17) is 4.98 Å². The van der Waals surface area contributed by atoms with Crippen molar-refractivity contribution in [2.75, 3.05) is 0 Å². The summed E-state index contributed by atoms with van der Waals surface area (Å²) >= 11 is 0. The fraction of sp³-hybridized carbons (Fsp3) is 0.250. The van der Waals surface area contributed by atoms with Crippen LogP contribution in [0.25, 0.3) is 49.6 Å². The molecule has 0 saturated heterocycles. The quantitative estimate of drug-likeness (QED) is 0.196. The standard InChI is InChI=1S/C32H32N3/c1-19(2)23-11-9-12-24(20(3)4)30(23)22-14-15-27-28(18-22)34(6)32-29-21(5)16-17-33-31(29)25-10-7-8-13-26(25)35(27)32/h7-20H,1-6H3/q+1. The van der Waals surface area contributed by atoms with Gasteiger partial charge in [0.2, 0.25) is 0 Å². The molecule has 0 unspecified atom stereocenters. The molecule has 0 radical (unpaired) electrons. The maximum atomic E-state index is 4.83. The van der Waals surface area contributed by atoms with Gasteiger partial charge in [-0.2, -0.15) is 4.40 Å². The van der Waals surface area contributed by atoms with E-state index in [9.17, 15) is 0 Å². The minimum atomic E-state index is 0.461. The minimum absolute atomic E-state index is 0.461. The molecule has 0 aliphatic rings. The molecule has 0 saturated carbocycles. The van der Waals surface area contributed by atoms with Crippen molar-refractivity contribution in [3.8, 4) is 11.1 Å². The Morgan fingerprint density at radius 2 is 1.51 bits per heavy atom. The zero-order valence-corrected chi connectivity index (χ0v) is 21.4. The molecule has 0 aliphatic carbocycles. The molecule has 6 aromatic rings. The highest BCUT2D eigenvalue weighted by molar-refractivity contribution is 6.09. The van der Waals surface area contributed by atoms with E-state index >= 15 is 0 Å². The van der Waals surface area contributed by atoms with E-state index in [1.54, 1.807) is 0 Å². The van der Waals surface area contributed by atoms with Crippen molar-refractivity contribution in [3.63, 3.8) is 0 Å². The molecule has 0 fully saturated rings. The van der Waals surface area contributed by atoms with E-state index in [1.165, 1.54) is 60.8 Å². The SMILES string of the molecule is Cc1ccnc2c3ccccc3[n+]3c4ccc(-c5c(C(C)C)cccc5C(C)C)cc4n(C)c3c12. The fourth-order valence-corrected chi connectivity index (χ4v) is 5.84. The van der Waals surface area contributed by atoms with Gasteiger partial charge in [-0.05, 0) is 83.0 Å². The van der Waals surface area contributed by atoms with Crippen molar-refractivity contribution in [1.82, 2.24) is 9.55 Å². The topological polar surface area (TPSA) is 21.9 Å². The maximum Gasteiger partial charge on any atom is 0.297 e. The number of hydrogen-bond donors (Lipinski definition) is 0. The van der Waals surface area contributed by atoms with Crippen molar-refractivity contribution in [2.45, 2.75) is 46.5 Å². The van der Waals surface area contributed by atoms with Gasteiger partial charge in [-0.15, -0.1) is 0 Å². The Morgan fingerprint density at radius 1 is 0.800 bits per heavy atom. The third-order valence-corrected chi connectivity index (χ3v) is 7.55. The smallest absolute Gasteiger partial charge is 0.255 e. The molecule has 3 aromatic carbocycles. The van der Waals surface area contributed by atoms with E-state index < -0.39 is 0 Å². The highest BCUT2D eigenvalue weighted by Gasteiger charge is 2.26. The number of pyridine rings is 2. The Bertz CT molecular complexity index is 1740. The van der Waals surface area contributed by atoms with Crippen LogP contribution < -0.4 is 4.40 Å². The Balaban J connectivity index is 1.78. The monoisotopic (exact) mass is 458 g/mol. The third kappa shape index (κ3) is 3.11. The minimum Gasteiger partial charge on any atom is -0.255 e. The first kappa shape index (κ1) is 21.8. The van der Waals surface area contributed by atoms with Crippen molar-refractivity contribution in [2.24, 2.45) is 7.05 Å². The molecule has 0 amide bonds. The first-order chi connectivity index (χ1) is 16.9. The maximum absolute atomic E-state index is 4.83. The van der Waals surface area contributed by atoms with Gasteiger partial charge in [-0.1, -0.05) is 58.0 Å². The molecule has 3 nitrogen and oxygen atoms in total. The van der Waals surface area contributed by atoms with Crippen LogP contribution in [0.1, 0.15) is 56.2 Å². The number of imidazole rings is 1. The number of hydrogen-bond acceptors (Lipinski definition) is 1. The molecule has 3 heterocycles. The third-order valence-electron chi connectivity index (χ3n) is 7.55. The summed E-state index contributed by atoms with van der Waals surface area (Å²) in [5.74, 6) is 0.922. The highest BCUT2D eigenvalue weighted by Crippen LogP contribution is 2.38. The molecule has 6 rings (SSSR count). The Labute approximate surface area is 206 Å². The van der Waals surface area contributed by atoms with Crippen LogP contribution in [0, 0.1) is 6.92 Å². The predicted molar refractivity (Wildman–Crippen MR) is 147 cm³/mol. The Kier molecular flexibility index (Phi) is 4.93. The van der Waals surface area contributed by atoms with Gasteiger partial charge >= 0.3 is 0 Å². The van der Waals surface area contributed by atoms with E-state index in [0.29, 0.717) is 11.8 Å². The fourth-order valence-electron chi connectivity index (χ4n) is 5.84. The first-order valence-electron chi connectivity index (χ1n) is 12.6. The van der Waals surface area contributed by atoms with Gasteiger partial charge in [0.1, 0.15) is 5.52 Å². The molecule has 0 bridgehead atoms. The summed E-state index contributed by atoms with van der Waals surface area (Å²) in [6.45, 7) is 11.4. The normalized spacial score (nSPS) is 12.2. The molecule has 0 spiro atoms. The molecule has 0 N–H and O–H groups in total. The van der Waals surface area contributed by atoms with Crippen molar-refractivity contribution in [1.29, 1.82) is 0 Å². The molecule has 174 valence electrons. The second-order valence-corrected chi connectivity index (χ2v) is 10.4. The summed E-state index contributed by atoms with van der Waals surface area (Å²) in [4.78, 5) is 4.83. The molecule has 0 aliphatic heterocycles. The average molecular weight is 459 g/mol. The van der Waals surface area contributed by atoms with Crippen LogP contribution in [0.2, 0.25) is 0 Å². The second kappa shape index (κ2) is 7.91. The number of aryl methyl sites for hydroxylation is 2. The van der Waals surface area contributed by atoms with Gasteiger partial charge in [0.05, 0.1) is 18.0 Å². The summed E-state index contributed by atoms with van der Waals surface area (Å²) < 4.78 is 4.78. The van der Waals surface area contributed by atoms with Crippen LogP contribution in [0.4, 0.5) is 0 Å². The lowest BCUT2D eigenvalue weighted by molar-refractivity contribution is -0.449. The van der Waals surface area contributed by atoms with Gasteiger partial charge < -0.3 is 0 Å². The number of rotatable bonds is 3. The average Bonchev–Trinajstić information content (AvgIpc) is 3.15. The lowest BCUT2D eigenvalue weighted by atomic mass is 9.85. The summed E-state index contributed by atoms with van der Waals surface area (Å²) in [6.07, 6.45) is 1.93. The molecule has 3 aromatic heterocycles. The van der Waals surface area contributed by atoms with Crippen LogP contribution in [0.5, 0.6) is 0 Å². The number of fused-ring (bicyclic) bond motifs is 8. The van der Waals surface area contributed by atoms with Crippen LogP contribution >= 0.6 is 0 Å². The van der Waals surface area contributed by atoms with Crippen LogP contribution in [0.3, 0.4) is 0 Å². The van der Waals surface area contributed by atoms with Crippen LogP contribution in [-0.2, 0) is 7.05 Å². The molecular formula is C32H32N3+. The number of nitrogens with zero attached hydrogens (tertiary/aromatic N) is 3. The second-order valence-electron chi connectivity index (χ2n) is 10.4. The van der Waals surface area contributed by atoms with Crippen molar-refractivity contribution in [3.05, 3.63) is 89.6 Å². The summed E-state index contributed by atoms with van der Waals surface area (Å²) in [7, 11) is 2.19. The lowest BCUT2D eigenvalue weighted by Gasteiger charge is -2.19. The Morgan fingerprint density at radius 3 is 2.23 bits per heavy atom. The van der Waals surface area contributed by atoms with E-state index in [0.717, 1.165) is 5.52 Å². The highest BCUT2D eigenvalue weighted by atomic mass is 15.1. The molecule has 35 heavy (non-hydrogen) atoms. The van der Waals surface area contributed by atoms with Crippen molar-refractivity contribution < 1.29 is 4.40 Å². The van der Waals surface area contributed by atoms with Gasteiger partial charge in [0.25, 0.3) is 5.65 Å². The zero-order valence-electron chi connectivity index (χ0n) is 21.4.